The number of rotatable bonds is 5. The second-order valence-electron chi connectivity index (χ2n) is 4.48. The Labute approximate surface area is 125 Å². The van der Waals surface area contributed by atoms with Crippen molar-refractivity contribution in [3.8, 4) is 0 Å². The van der Waals surface area contributed by atoms with Crippen LogP contribution in [0.5, 0.6) is 0 Å². The van der Waals surface area contributed by atoms with Gasteiger partial charge in [0.05, 0.1) is 21.9 Å². The van der Waals surface area contributed by atoms with Gasteiger partial charge in [-0.1, -0.05) is 6.92 Å². The Morgan fingerprint density at radius 2 is 2.19 bits per heavy atom. The Bertz CT molecular complexity index is 758. The number of nitrogens with zero attached hydrogens (tertiary/aromatic N) is 3. The second kappa shape index (κ2) is 6.01. The first-order valence-corrected chi connectivity index (χ1v) is 7.51. The van der Waals surface area contributed by atoms with Gasteiger partial charge in [0.25, 0.3) is 0 Å². The summed E-state index contributed by atoms with van der Waals surface area (Å²) < 4.78 is 14.8. The molecule has 108 valence electrons. The van der Waals surface area contributed by atoms with Gasteiger partial charge in [-0.15, -0.1) is 11.3 Å². The third-order valence-corrected chi connectivity index (χ3v) is 3.66. The molecule has 0 amide bonds. The molecule has 0 aliphatic rings. The zero-order chi connectivity index (χ0) is 14.7. The number of fused-ring (bicyclic) bond motifs is 1. The van der Waals surface area contributed by atoms with Gasteiger partial charge in [-0.3, -0.25) is 0 Å². The van der Waals surface area contributed by atoms with Crippen LogP contribution in [0.15, 0.2) is 29.9 Å². The average molecular weight is 303 g/mol. The maximum atomic E-state index is 13.8. The van der Waals surface area contributed by atoms with E-state index in [1.807, 2.05) is 25.1 Å². The van der Waals surface area contributed by atoms with Crippen LogP contribution in [0.1, 0.15) is 13.3 Å². The standard InChI is InChI=1S/C14H14FN5S/c1-2-5-16-14-17-7-10(15)13(20-14)19-9-3-4-11-12(6-9)21-8-18-11/h3-4,6-8H,2,5H2,1H3,(H2,16,17,19,20). The fourth-order valence-corrected chi connectivity index (χ4v) is 2.56. The Kier molecular flexibility index (Phi) is 3.92. The van der Waals surface area contributed by atoms with E-state index in [9.17, 15) is 4.39 Å². The summed E-state index contributed by atoms with van der Waals surface area (Å²) in [5.74, 6) is 0.0912. The third kappa shape index (κ3) is 3.08. The molecule has 0 aliphatic heterocycles. The van der Waals surface area contributed by atoms with Gasteiger partial charge in [-0.25, -0.2) is 14.4 Å². The number of anilines is 3. The van der Waals surface area contributed by atoms with E-state index >= 15 is 0 Å². The number of nitrogens with one attached hydrogen (secondary N) is 2. The Morgan fingerprint density at radius 3 is 3.05 bits per heavy atom. The maximum Gasteiger partial charge on any atom is 0.224 e. The number of hydrogen-bond acceptors (Lipinski definition) is 6. The number of halogens is 1. The predicted octanol–water partition coefficient (Wildman–Crippen LogP) is 3.79. The zero-order valence-electron chi connectivity index (χ0n) is 11.4. The second-order valence-corrected chi connectivity index (χ2v) is 5.36. The highest BCUT2D eigenvalue weighted by molar-refractivity contribution is 7.16. The van der Waals surface area contributed by atoms with Gasteiger partial charge in [0, 0.05) is 12.2 Å². The predicted molar refractivity (Wildman–Crippen MR) is 83.7 cm³/mol. The summed E-state index contributed by atoms with van der Waals surface area (Å²) in [7, 11) is 0. The third-order valence-electron chi connectivity index (χ3n) is 2.87. The lowest BCUT2D eigenvalue weighted by Gasteiger charge is -2.09. The van der Waals surface area contributed by atoms with Crippen LogP contribution < -0.4 is 10.6 Å². The van der Waals surface area contributed by atoms with Gasteiger partial charge >= 0.3 is 0 Å². The summed E-state index contributed by atoms with van der Waals surface area (Å²) in [6, 6.07) is 5.67. The van der Waals surface area contributed by atoms with Crippen molar-refractivity contribution in [3.05, 3.63) is 35.7 Å². The van der Waals surface area contributed by atoms with Gasteiger partial charge in [-0.05, 0) is 24.6 Å². The number of thiazole rings is 1. The highest BCUT2D eigenvalue weighted by atomic mass is 32.1. The molecule has 0 spiro atoms. The molecule has 0 saturated heterocycles. The van der Waals surface area contributed by atoms with E-state index in [0.29, 0.717) is 5.95 Å². The first kappa shape index (κ1) is 13.7. The quantitative estimate of drug-likeness (QED) is 0.751. The lowest BCUT2D eigenvalue weighted by molar-refractivity contribution is 0.619. The highest BCUT2D eigenvalue weighted by Gasteiger charge is 2.08. The minimum atomic E-state index is -0.485. The van der Waals surface area contributed by atoms with E-state index < -0.39 is 5.82 Å². The van der Waals surface area contributed by atoms with Gasteiger partial charge in [0.1, 0.15) is 0 Å². The fraction of sp³-hybridized carbons (Fsp3) is 0.214. The minimum Gasteiger partial charge on any atom is -0.354 e. The monoisotopic (exact) mass is 303 g/mol. The molecule has 2 heterocycles. The Hall–Kier alpha value is -2.28. The Balaban J connectivity index is 1.85. The van der Waals surface area contributed by atoms with Crippen LogP contribution in [0, 0.1) is 5.82 Å². The number of aromatic nitrogens is 3. The smallest absolute Gasteiger partial charge is 0.224 e. The van der Waals surface area contributed by atoms with Gasteiger partial charge in [0.2, 0.25) is 5.95 Å². The van der Waals surface area contributed by atoms with E-state index in [2.05, 4.69) is 25.6 Å². The van der Waals surface area contributed by atoms with Crippen molar-refractivity contribution < 1.29 is 4.39 Å². The van der Waals surface area contributed by atoms with Crippen molar-refractivity contribution in [2.75, 3.05) is 17.2 Å². The van der Waals surface area contributed by atoms with Crippen LogP contribution in [-0.2, 0) is 0 Å². The van der Waals surface area contributed by atoms with Crippen molar-refractivity contribution in [1.82, 2.24) is 15.0 Å². The molecule has 7 heteroatoms. The fourth-order valence-electron chi connectivity index (χ4n) is 1.85. The van der Waals surface area contributed by atoms with Crippen molar-refractivity contribution in [1.29, 1.82) is 0 Å². The van der Waals surface area contributed by atoms with Crippen molar-refractivity contribution in [2.45, 2.75) is 13.3 Å². The van der Waals surface area contributed by atoms with Crippen molar-refractivity contribution in [2.24, 2.45) is 0 Å². The minimum absolute atomic E-state index is 0.160. The molecule has 2 aromatic heterocycles. The highest BCUT2D eigenvalue weighted by Crippen LogP contribution is 2.24. The molecule has 0 saturated carbocycles. The van der Waals surface area contributed by atoms with Crippen molar-refractivity contribution >= 4 is 39.0 Å². The first-order chi connectivity index (χ1) is 10.3. The van der Waals surface area contributed by atoms with E-state index in [1.54, 1.807) is 16.8 Å². The van der Waals surface area contributed by atoms with Crippen LogP contribution in [-0.4, -0.2) is 21.5 Å². The summed E-state index contributed by atoms with van der Waals surface area (Å²) in [5, 5.41) is 6.02. The lowest BCUT2D eigenvalue weighted by Crippen LogP contribution is -2.07. The Morgan fingerprint density at radius 1 is 1.29 bits per heavy atom. The van der Waals surface area contributed by atoms with E-state index in [4.69, 9.17) is 0 Å². The van der Waals surface area contributed by atoms with E-state index in [0.717, 1.165) is 28.9 Å². The first-order valence-electron chi connectivity index (χ1n) is 6.63. The molecule has 0 aliphatic carbocycles. The number of benzene rings is 1. The SMILES string of the molecule is CCCNc1ncc(F)c(Nc2ccc3ncsc3c2)n1. The van der Waals surface area contributed by atoms with Gasteiger partial charge in [0.15, 0.2) is 11.6 Å². The molecule has 0 radical (unpaired) electrons. The normalized spacial score (nSPS) is 10.8. The van der Waals surface area contributed by atoms with Crippen LogP contribution in [0.2, 0.25) is 0 Å². The van der Waals surface area contributed by atoms with Crippen LogP contribution in [0.3, 0.4) is 0 Å². The molecule has 21 heavy (non-hydrogen) atoms. The average Bonchev–Trinajstić information content (AvgIpc) is 2.95. The summed E-state index contributed by atoms with van der Waals surface area (Å²) in [6.45, 7) is 2.79. The van der Waals surface area contributed by atoms with Crippen LogP contribution in [0.4, 0.5) is 21.8 Å². The zero-order valence-corrected chi connectivity index (χ0v) is 12.2. The van der Waals surface area contributed by atoms with Gasteiger partial charge < -0.3 is 10.6 Å². The molecular formula is C14H14FN5S. The lowest BCUT2D eigenvalue weighted by atomic mass is 10.3. The molecule has 5 nitrogen and oxygen atoms in total. The largest absolute Gasteiger partial charge is 0.354 e. The van der Waals surface area contributed by atoms with Crippen LogP contribution in [0.25, 0.3) is 10.2 Å². The molecular weight excluding hydrogens is 289 g/mol. The molecule has 2 N–H and O–H groups in total. The molecule has 1 aromatic carbocycles. The topological polar surface area (TPSA) is 62.7 Å². The van der Waals surface area contributed by atoms with Gasteiger partial charge in [-0.2, -0.15) is 4.98 Å². The van der Waals surface area contributed by atoms with E-state index in [1.165, 1.54) is 6.20 Å². The molecule has 0 fully saturated rings. The van der Waals surface area contributed by atoms with E-state index in [-0.39, 0.29) is 5.82 Å². The molecule has 0 bridgehead atoms. The molecule has 3 rings (SSSR count). The van der Waals surface area contributed by atoms with Crippen molar-refractivity contribution in [3.63, 3.8) is 0 Å². The summed E-state index contributed by atoms with van der Waals surface area (Å²) in [6.07, 6.45) is 2.12. The van der Waals surface area contributed by atoms with Crippen LogP contribution >= 0.6 is 11.3 Å². The molecule has 0 atom stereocenters. The summed E-state index contributed by atoms with van der Waals surface area (Å²) >= 11 is 1.54. The number of hydrogen-bond donors (Lipinski definition) is 2. The summed E-state index contributed by atoms with van der Waals surface area (Å²) in [4.78, 5) is 12.3. The summed E-state index contributed by atoms with van der Waals surface area (Å²) in [5.41, 5.74) is 3.48. The molecule has 3 aromatic rings. The maximum absolute atomic E-state index is 13.8. The molecule has 0 unspecified atom stereocenters.